The number of nitrogens with one attached hydrogen (secondary N) is 1. The van der Waals surface area contributed by atoms with Gasteiger partial charge in [-0.05, 0) is 18.0 Å². The topological polar surface area (TPSA) is 80.2 Å². The summed E-state index contributed by atoms with van der Waals surface area (Å²) in [5.74, 6) is -0.0270. The summed E-state index contributed by atoms with van der Waals surface area (Å²) in [4.78, 5) is 11.2. The molecule has 2 N–H and O–H groups in total. The molecule has 0 aliphatic rings. The fourth-order valence-corrected chi connectivity index (χ4v) is 1.11. The van der Waals surface area contributed by atoms with Gasteiger partial charge in [-0.1, -0.05) is 6.92 Å². The first-order chi connectivity index (χ1) is 8.52. The molecule has 18 heavy (non-hydrogen) atoms. The van der Waals surface area contributed by atoms with Crippen LogP contribution in [0.3, 0.4) is 0 Å². The summed E-state index contributed by atoms with van der Waals surface area (Å²) in [6, 6.07) is 0.00545. The largest absolute Gasteiger partial charge is 0.463 e. The van der Waals surface area contributed by atoms with E-state index in [4.69, 9.17) is 21.4 Å². The molecular weight excluding hydrogens is 270 g/mol. The van der Waals surface area contributed by atoms with Crippen LogP contribution in [-0.4, -0.2) is 45.7 Å². The van der Waals surface area contributed by atoms with Crippen LogP contribution in [0.2, 0.25) is 5.28 Å². The van der Waals surface area contributed by atoms with Crippen LogP contribution in [0.4, 0.5) is 14.7 Å². The molecule has 0 spiro atoms. The molecular formula is C9H13ClF2N4O2. The van der Waals surface area contributed by atoms with Crippen molar-refractivity contribution in [2.75, 3.05) is 18.5 Å². The number of anilines is 1. The number of hydrogen-bond acceptors (Lipinski definition) is 6. The molecule has 0 amide bonds. The first-order valence-corrected chi connectivity index (χ1v) is 5.65. The average molecular weight is 283 g/mol. The summed E-state index contributed by atoms with van der Waals surface area (Å²) in [5, 5.41) is 11.2. The second-order valence-corrected chi connectivity index (χ2v) is 3.68. The highest BCUT2D eigenvalue weighted by Crippen LogP contribution is 2.12. The lowest BCUT2D eigenvalue weighted by atomic mass is 10.4. The van der Waals surface area contributed by atoms with Crippen LogP contribution >= 0.6 is 11.6 Å². The van der Waals surface area contributed by atoms with Crippen molar-refractivity contribution in [3.63, 3.8) is 0 Å². The van der Waals surface area contributed by atoms with Gasteiger partial charge >= 0.3 is 6.01 Å². The zero-order valence-corrected chi connectivity index (χ0v) is 10.4. The Balaban J connectivity index is 2.62. The highest BCUT2D eigenvalue weighted by molar-refractivity contribution is 6.28. The van der Waals surface area contributed by atoms with E-state index in [0.29, 0.717) is 6.61 Å². The maximum absolute atomic E-state index is 12.1. The van der Waals surface area contributed by atoms with Crippen LogP contribution in [0, 0.1) is 0 Å². The van der Waals surface area contributed by atoms with Gasteiger partial charge in [0.05, 0.1) is 6.61 Å². The first-order valence-electron chi connectivity index (χ1n) is 5.27. The third kappa shape index (κ3) is 4.92. The van der Waals surface area contributed by atoms with Gasteiger partial charge in [-0.2, -0.15) is 15.0 Å². The molecule has 1 aromatic heterocycles. The molecule has 0 bridgehead atoms. The van der Waals surface area contributed by atoms with Gasteiger partial charge in [0.15, 0.2) is 0 Å². The number of rotatable bonds is 7. The molecule has 0 radical (unpaired) electrons. The van der Waals surface area contributed by atoms with Crippen molar-refractivity contribution in [3.05, 3.63) is 5.28 Å². The number of ether oxygens (including phenoxy) is 1. The minimum absolute atomic E-state index is 0.00545. The van der Waals surface area contributed by atoms with E-state index in [1.807, 2.05) is 6.92 Å². The van der Waals surface area contributed by atoms with E-state index in [9.17, 15) is 8.78 Å². The number of alkyl halides is 2. The molecule has 9 heteroatoms. The Morgan fingerprint density at radius 1 is 1.39 bits per heavy atom. The molecule has 1 aromatic rings. The van der Waals surface area contributed by atoms with Crippen LogP contribution in [0.5, 0.6) is 6.01 Å². The van der Waals surface area contributed by atoms with Gasteiger partial charge in [0.25, 0.3) is 6.43 Å². The predicted molar refractivity (Wildman–Crippen MR) is 61.1 cm³/mol. The monoisotopic (exact) mass is 282 g/mol. The van der Waals surface area contributed by atoms with Gasteiger partial charge in [0, 0.05) is 6.54 Å². The van der Waals surface area contributed by atoms with Crippen LogP contribution in [0.25, 0.3) is 0 Å². The van der Waals surface area contributed by atoms with E-state index in [2.05, 4.69) is 20.3 Å². The fraction of sp³-hybridized carbons (Fsp3) is 0.667. The summed E-state index contributed by atoms with van der Waals surface area (Å²) >= 11 is 5.61. The Labute approximate surface area is 107 Å². The highest BCUT2D eigenvalue weighted by atomic mass is 35.5. The van der Waals surface area contributed by atoms with Crippen molar-refractivity contribution in [1.29, 1.82) is 0 Å². The molecule has 0 aliphatic carbocycles. The molecule has 1 unspecified atom stereocenters. The molecule has 1 rings (SSSR count). The SMILES string of the molecule is CCCOc1nc(Cl)nc(NCC(O)C(F)F)n1. The van der Waals surface area contributed by atoms with Crippen molar-refractivity contribution in [3.8, 4) is 6.01 Å². The van der Waals surface area contributed by atoms with Crippen molar-refractivity contribution in [2.45, 2.75) is 25.9 Å². The van der Waals surface area contributed by atoms with Gasteiger partial charge in [-0.15, -0.1) is 0 Å². The van der Waals surface area contributed by atoms with E-state index in [0.717, 1.165) is 6.42 Å². The molecule has 102 valence electrons. The Morgan fingerprint density at radius 2 is 2.11 bits per heavy atom. The Kier molecular flexibility index (Phi) is 5.93. The Hall–Kier alpha value is -1.28. The zero-order valence-electron chi connectivity index (χ0n) is 9.61. The normalized spacial score (nSPS) is 12.6. The van der Waals surface area contributed by atoms with Gasteiger partial charge in [0.2, 0.25) is 11.2 Å². The zero-order chi connectivity index (χ0) is 13.5. The lowest BCUT2D eigenvalue weighted by Crippen LogP contribution is -2.27. The molecule has 0 saturated heterocycles. The average Bonchev–Trinajstić information content (AvgIpc) is 2.32. The third-order valence-electron chi connectivity index (χ3n) is 1.78. The Bertz CT molecular complexity index is 384. The van der Waals surface area contributed by atoms with Crippen LogP contribution in [0.1, 0.15) is 13.3 Å². The van der Waals surface area contributed by atoms with Crippen molar-refractivity contribution in [2.24, 2.45) is 0 Å². The second kappa shape index (κ2) is 7.22. The van der Waals surface area contributed by atoms with Crippen LogP contribution < -0.4 is 10.1 Å². The lowest BCUT2D eigenvalue weighted by Gasteiger charge is -2.11. The van der Waals surface area contributed by atoms with E-state index >= 15 is 0 Å². The van der Waals surface area contributed by atoms with Gasteiger partial charge < -0.3 is 15.2 Å². The predicted octanol–water partition coefficient (Wildman–Crippen LogP) is 1.35. The number of aliphatic hydroxyl groups is 1. The van der Waals surface area contributed by atoms with E-state index in [1.54, 1.807) is 0 Å². The van der Waals surface area contributed by atoms with Crippen molar-refractivity contribution < 1.29 is 18.6 Å². The van der Waals surface area contributed by atoms with Gasteiger partial charge in [-0.3, -0.25) is 0 Å². The molecule has 0 fully saturated rings. The molecule has 0 saturated carbocycles. The van der Waals surface area contributed by atoms with Crippen molar-refractivity contribution in [1.82, 2.24) is 15.0 Å². The summed E-state index contributed by atoms with van der Waals surface area (Å²) in [5.41, 5.74) is 0. The third-order valence-corrected chi connectivity index (χ3v) is 1.95. The molecule has 0 aliphatic heterocycles. The molecule has 1 heterocycles. The number of aliphatic hydroxyl groups excluding tert-OH is 1. The summed E-state index contributed by atoms with van der Waals surface area (Å²) in [7, 11) is 0. The van der Waals surface area contributed by atoms with Crippen molar-refractivity contribution >= 4 is 17.5 Å². The summed E-state index contributed by atoms with van der Waals surface area (Å²) in [6.45, 7) is 1.91. The van der Waals surface area contributed by atoms with Gasteiger partial charge in [-0.25, -0.2) is 8.78 Å². The maximum atomic E-state index is 12.1. The van der Waals surface area contributed by atoms with E-state index < -0.39 is 19.1 Å². The van der Waals surface area contributed by atoms with Crippen LogP contribution in [-0.2, 0) is 0 Å². The van der Waals surface area contributed by atoms with Crippen LogP contribution in [0.15, 0.2) is 0 Å². The summed E-state index contributed by atoms with van der Waals surface area (Å²) in [6.07, 6.45) is -3.89. The minimum Gasteiger partial charge on any atom is -0.463 e. The molecule has 0 aromatic carbocycles. The quantitative estimate of drug-likeness (QED) is 0.786. The van der Waals surface area contributed by atoms with E-state index in [1.165, 1.54) is 0 Å². The summed E-state index contributed by atoms with van der Waals surface area (Å²) < 4.78 is 29.3. The fourth-order valence-electron chi connectivity index (χ4n) is 0.954. The number of aromatic nitrogens is 3. The first kappa shape index (κ1) is 14.8. The highest BCUT2D eigenvalue weighted by Gasteiger charge is 2.17. The maximum Gasteiger partial charge on any atom is 0.322 e. The number of nitrogens with zero attached hydrogens (tertiary/aromatic N) is 3. The second-order valence-electron chi connectivity index (χ2n) is 3.34. The smallest absolute Gasteiger partial charge is 0.322 e. The van der Waals surface area contributed by atoms with Gasteiger partial charge in [0.1, 0.15) is 6.10 Å². The number of halogens is 3. The number of hydrogen-bond donors (Lipinski definition) is 2. The standard InChI is InChI=1S/C9H13ClF2N4O2/c1-2-3-18-9-15-7(10)14-8(16-9)13-4-5(17)6(11)12/h5-6,17H,2-4H2,1H3,(H,13,14,15,16). The van der Waals surface area contributed by atoms with E-state index in [-0.39, 0.29) is 17.2 Å². The lowest BCUT2D eigenvalue weighted by molar-refractivity contribution is 0.00376. The minimum atomic E-state index is -2.84. The molecule has 1 atom stereocenters. The Morgan fingerprint density at radius 3 is 2.72 bits per heavy atom. The molecule has 6 nitrogen and oxygen atoms in total.